The van der Waals surface area contributed by atoms with Crippen molar-refractivity contribution in [3.05, 3.63) is 71.5 Å². The molecule has 1 aromatic carbocycles. The summed E-state index contributed by atoms with van der Waals surface area (Å²) in [6, 6.07) is 5.65. The van der Waals surface area contributed by atoms with E-state index >= 15 is 0 Å². The second kappa shape index (κ2) is 6.15. The standard InChI is InChI=1S/C19H16FN5O2/c20-13-6-22-19(23-7-13)25-9-12-5-11(18(26)24-14-2-3-14)1-4-15(12)17(25)16-8-21-10-27-16/h1,4-8,10,14,17H,2-3,9H2,(H,24,26). The maximum Gasteiger partial charge on any atom is 0.251 e. The van der Waals surface area contributed by atoms with Crippen LogP contribution in [0, 0.1) is 5.82 Å². The van der Waals surface area contributed by atoms with Crippen molar-refractivity contribution in [3.63, 3.8) is 0 Å². The molecule has 3 aromatic rings. The Hall–Kier alpha value is -3.29. The first kappa shape index (κ1) is 15.9. The lowest BCUT2D eigenvalue weighted by molar-refractivity contribution is 0.0951. The largest absolute Gasteiger partial charge is 0.446 e. The number of anilines is 1. The molecule has 0 radical (unpaired) electrons. The van der Waals surface area contributed by atoms with E-state index < -0.39 is 5.82 Å². The average molecular weight is 365 g/mol. The third-order valence-electron chi connectivity index (χ3n) is 4.85. The Kier molecular flexibility index (Phi) is 3.63. The number of nitrogens with one attached hydrogen (secondary N) is 1. The van der Waals surface area contributed by atoms with Gasteiger partial charge in [-0.05, 0) is 36.1 Å². The zero-order valence-corrected chi connectivity index (χ0v) is 14.3. The van der Waals surface area contributed by atoms with Crippen molar-refractivity contribution in [2.24, 2.45) is 0 Å². The predicted molar refractivity (Wildman–Crippen MR) is 93.4 cm³/mol. The number of carbonyl (C=O) groups is 1. The number of aromatic nitrogens is 3. The number of rotatable bonds is 4. The lowest BCUT2D eigenvalue weighted by Crippen LogP contribution is -2.25. The molecule has 0 bridgehead atoms. The molecule has 1 aliphatic heterocycles. The van der Waals surface area contributed by atoms with Crippen molar-refractivity contribution >= 4 is 11.9 Å². The molecule has 1 saturated carbocycles. The summed E-state index contributed by atoms with van der Waals surface area (Å²) in [6.45, 7) is 0.483. The Morgan fingerprint density at radius 3 is 2.74 bits per heavy atom. The van der Waals surface area contributed by atoms with Gasteiger partial charge in [0.1, 0.15) is 6.04 Å². The highest BCUT2D eigenvalue weighted by Gasteiger charge is 2.36. The first-order valence-electron chi connectivity index (χ1n) is 8.75. The van der Waals surface area contributed by atoms with Crippen LogP contribution in [-0.2, 0) is 6.54 Å². The SMILES string of the molecule is O=C(NC1CC1)c1ccc2c(c1)CN(c1ncc(F)cn1)C2c1cnco1. The minimum absolute atomic E-state index is 0.0620. The number of carbonyl (C=O) groups excluding carboxylic acids is 1. The summed E-state index contributed by atoms with van der Waals surface area (Å²) in [7, 11) is 0. The minimum Gasteiger partial charge on any atom is -0.446 e. The molecule has 27 heavy (non-hydrogen) atoms. The van der Waals surface area contributed by atoms with Crippen LogP contribution in [0.4, 0.5) is 10.3 Å². The van der Waals surface area contributed by atoms with Crippen LogP contribution in [0.5, 0.6) is 0 Å². The topological polar surface area (TPSA) is 84.2 Å². The number of halogens is 1. The van der Waals surface area contributed by atoms with Crippen molar-refractivity contribution in [1.29, 1.82) is 0 Å². The van der Waals surface area contributed by atoms with Crippen molar-refractivity contribution in [2.45, 2.75) is 31.5 Å². The maximum absolute atomic E-state index is 13.2. The molecule has 0 saturated heterocycles. The van der Waals surface area contributed by atoms with Gasteiger partial charge in [0.2, 0.25) is 5.95 Å². The summed E-state index contributed by atoms with van der Waals surface area (Å²) >= 11 is 0. The highest BCUT2D eigenvalue weighted by Crippen LogP contribution is 2.40. The third kappa shape index (κ3) is 2.92. The predicted octanol–water partition coefficient (Wildman–Crippen LogP) is 2.61. The van der Waals surface area contributed by atoms with Crippen molar-refractivity contribution in [1.82, 2.24) is 20.3 Å². The fraction of sp³-hybridized carbons (Fsp3) is 0.263. The van der Waals surface area contributed by atoms with E-state index in [1.165, 1.54) is 6.39 Å². The van der Waals surface area contributed by atoms with E-state index in [1.807, 2.05) is 23.1 Å². The van der Waals surface area contributed by atoms with Crippen LogP contribution in [0.1, 0.15) is 46.1 Å². The summed E-state index contributed by atoms with van der Waals surface area (Å²) in [4.78, 5) is 26.5. The van der Waals surface area contributed by atoms with Crippen molar-refractivity contribution in [2.75, 3.05) is 4.90 Å². The molecule has 7 nitrogen and oxygen atoms in total. The van der Waals surface area contributed by atoms with E-state index in [0.717, 1.165) is 36.4 Å². The molecule has 2 aromatic heterocycles. The Balaban J connectivity index is 1.52. The molecule has 136 valence electrons. The van der Waals surface area contributed by atoms with Gasteiger partial charge >= 0.3 is 0 Å². The molecule has 1 fully saturated rings. The monoisotopic (exact) mass is 365 g/mol. The molecule has 2 aliphatic rings. The molecule has 1 N–H and O–H groups in total. The van der Waals surface area contributed by atoms with Gasteiger partial charge < -0.3 is 14.6 Å². The summed E-state index contributed by atoms with van der Waals surface area (Å²) in [5.74, 6) is 0.466. The number of oxazole rings is 1. The van der Waals surface area contributed by atoms with E-state index in [2.05, 4.69) is 20.3 Å². The van der Waals surface area contributed by atoms with Crippen molar-refractivity contribution in [3.8, 4) is 0 Å². The van der Waals surface area contributed by atoms with E-state index in [4.69, 9.17) is 4.42 Å². The van der Waals surface area contributed by atoms with Gasteiger partial charge in [0, 0.05) is 18.2 Å². The maximum atomic E-state index is 13.2. The van der Waals surface area contributed by atoms with E-state index in [0.29, 0.717) is 29.9 Å². The van der Waals surface area contributed by atoms with Crippen LogP contribution in [0.25, 0.3) is 0 Å². The van der Waals surface area contributed by atoms with Gasteiger partial charge in [-0.25, -0.2) is 19.3 Å². The van der Waals surface area contributed by atoms with Gasteiger partial charge in [-0.15, -0.1) is 0 Å². The molecule has 1 aliphatic carbocycles. The minimum atomic E-state index is -0.495. The lowest BCUT2D eigenvalue weighted by Gasteiger charge is -2.23. The van der Waals surface area contributed by atoms with Gasteiger partial charge in [-0.2, -0.15) is 0 Å². The van der Waals surface area contributed by atoms with Crippen molar-refractivity contribution < 1.29 is 13.6 Å². The zero-order valence-electron chi connectivity index (χ0n) is 14.3. The van der Waals surface area contributed by atoms with Gasteiger partial charge in [0.15, 0.2) is 18.0 Å². The molecular weight excluding hydrogens is 349 g/mol. The van der Waals surface area contributed by atoms with Gasteiger partial charge in [-0.1, -0.05) is 6.07 Å². The van der Waals surface area contributed by atoms with Crippen LogP contribution < -0.4 is 10.2 Å². The summed E-state index contributed by atoms with van der Waals surface area (Å²) in [5.41, 5.74) is 2.59. The zero-order chi connectivity index (χ0) is 18.4. The number of nitrogens with zero attached hydrogens (tertiary/aromatic N) is 4. The molecule has 1 unspecified atom stereocenters. The van der Waals surface area contributed by atoms with Crippen LogP contribution in [-0.4, -0.2) is 26.9 Å². The Bertz CT molecular complexity index is 986. The van der Waals surface area contributed by atoms with Gasteiger partial charge in [0.05, 0.1) is 18.6 Å². The fourth-order valence-electron chi connectivity index (χ4n) is 3.40. The second-order valence-electron chi connectivity index (χ2n) is 6.80. The van der Waals surface area contributed by atoms with E-state index in [1.54, 1.807) is 6.20 Å². The molecule has 3 heterocycles. The highest BCUT2D eigenvalue weighted by molar-refractivity contribution is 5.95. The van der Waals surface area contributed by atoms with E-state index in [9.17, 15) is 9.18 Å². The highest BCUT2D eigenvalue weighted by atomic mass is 19.1. The Morgan fingerprint density at radius 1 is 1.22 bits per heavy atom. The number of benzene rings is 1. The van der Waals surface area contributed by atoms with Crippen LogP contribution in [0.2, 0.25) is 0 Å². The third-order valence-corrected chi connectivity index (χ3v) is 4.85. The van der Waals surface area contributed by atoms with Gasteiger partial charge in [0.25, 0.3) is 5.91 Å². The van der Waals surface area contributed by atoms with E-state index in [-0.39, 0.29) is 11.9 Å². The number of hydrogen-bond acceptors (Lipinski definition) is 6. The second-order valence-corrected chi connectivity index (χ2v) is 6.80. The Labute approximate surface area is 154 Å². The smallest absolute Gasteiger partial charge is 0.251 e. The quantitative estimate of drug-likeness (QED) is 0.765. The molecular formula is C19H16FN5O2. The first-order chi connectivity index (χ1) is 13.2. The summed E-state index contributed by atoms with van der Waals surface area (Å²) in [6.07, 6.45) is 7.37. The molecule has 5 rings (SSSR count). The Morgan fingerprint density at radius 2 is 2.04 bits per heavy atom. The first-order valence-corrected chi connectivity index (χ1v) is 8.75. The number of hydrogen-bond donors (Lipinski definition) is 1. The average Bonchev–Trinajstić information content (AvgIpc) is 3.18. The molecule has 0 spiro atoms. The summed E-state index contributed by atoms with van der Waals surface area (Å²) < 4.78 is 18.8. The lowest BCUT2D eigenvalue weighted by atomic mass is 10.0. The fourth-order valence-corrected chi connectivity index (χ4v) is 3.40. The van der Waals surface area contributed by atoms with Gasteiger partial charge in [-0.3, -0.25) is 4.79 Å². The van der Waals surface area contributed by atoms with Crippen LogP contribution >= 0.6 is 0 Å². The number of amides is 1. The normalized spacial score (nSPS) is 18.4. The molecule has 8 heteroatoms. The molecule has 1 atom stereocenters. The number of fused-ring (bicyclic) bond motifs is 1. The summed E-state index contributed by atoms with van der Waals surface area (Å²) in [5, 5.41) is 3.00. The van der Waals surface area contributed by atoms with Crippen LogP contribution in [0.15, 0.2) is 47.6 Å². The molecule has 1 amide bonds. The van der Waals surface area contributed by atoms with Crippen LogP contribution in [0.3, 0.4) is 0 Å².